The number of rotatable bonds is 3. The van der Waals surface area contributed by atoms with Crippen molar-refractivity contribution < 1.29 is 22.8 Å². The van der Waals surface area contributed by atoms with Crippen LogP contribution in [-0.2, 0) is 0 Å². The van der Waals surface area contributed by atoms with Crippen molar-refractivity contribution in [3.05, 3.63) is 62.4 Å². The quantitative estimate of drug-likeness (QED) is 0.603. The first-order valence-electron chi connectivity index (χ1n) is 5.15. The largest absolute Gasteiger partial charge is 0.450 e. The lowest BCUT2D eigenvalue weighted by atomic mass is 10.3. The van der Waals surface area contributed by atoms with Crippen LogP contribution in [0.25, 0.3) is 0 Å². The third kappa shape index (κ3) is 2.90. The van der Waals surface area contributed by atoms with Gasteiger partial charge in [-0.2, -0.15) is 0 Å². The highest BCUT2D eigenvalue weighted by Crippen LogP contribution is 2.36. The summed E-state index contributed by atoms with van der Waals surface area (Å²) in [5.74, 6) is -3.71. The minimum Gasteiger partial charge on any atom is -0.450 e. The second kappa shape index (κ2) is 5.49. The standard InChI is InChI=1S/C12H5BrF3NO3/c13-8-4-7(17(18)19)5-10(16)12(8)20-11-2-1-6(14)3-9(11)15/h1-5H. The van der Waals surface area contributed by atoms with Gasteiger partial charge < -0.3 is 4.74 Å². The summed E-state index contributed by atoms with van der Waals surface area (Å²) in [7, 11) is 0. The Bertz CT molecular complexity index is 671. The summed E-state index contributed by atoms with van der Waals surface area (Å²) in [6.45, 7) is 0. The molecule has 4 nitrogen and oxygen atoms in total. The van der Waals surface area contributed by atoms with E-state index in [1.807, 2.05) is 0 Å². The second-order valence-electron chi connectivity index (χ2n) is 3.67. The molecule has 0 saturated heterocycles. The van der Waals surface area contributed by atoms with E-state index in [2.05, 4.69) is 15.9 Å². The highest BCUT2D eigenvalue weighted by atomic mass is 79.9. The van der Waals surface area contributed by atoms with Gasteiger partial charge in [0.25, 0.3) is 5.69 Å². The first-order chi connectivity index (χ1) is 9.38. The Labute approximate surface area is 119 Å². The maximum absolute atomic E-state index is 13.7. The number of benzene rings is 2. The number of nitro benzene ring substituents is 1. The predicted molar refractivity (Wildman–Crippen MR) is 67.2 cm³/mol. The van der Waals surface area contributed by atoms with Crippen LogP contribution in [0.5, 0.6) is 11.5 Å². The summed E-state index contributed by atoms with van der Waals surface area (Å²) in [5.41, 5.74) is -0.485. The maximum Gasteiger partial charge on any atom is 0.273 e. The highest BCUT2D eigenvalue weighted by molar-refractivity contribution is 9.10. The van der Waals surface area contributed by atoms with Crippen molar-refractivity contribution in [3.8, 4) is 11.5 Å². The van der Waals surface area contributed by atoms with Crippen LogP contribution in [0, 0.1) is 27.6 Å². The molecular weight excluding hydrogens is 343 g/mol. The summed E-state index contributed by atoms with van der Waals surface area (Å²) >= 11 is 2.90. The third-order valence-corrected chi connectivity index (χ3v) is 2.89. The van der Waals surface area contributed by atoms with Crippen LogP contribution < -0.4 is 4.74 Å². The van der Waals surface area contributed by atoms with E-state index >= 15 is 0 Å². The van der Waals surface area contributed by atoms with Gasteiger partial charge in [-0.1, -0.05) is 0 Å². The molecule has 0 spiro atoms. The van der Waals surface area contributed by atoms with Gasteiger partial charge >= 0.3 is 0 Å². The van der Waals surface area contributed by atoms with E-state index in [0.717, 1.165) is 18.2 Å². The Balaban J connectivity index is 2.41. The van der Waals surface area contributed by atoms with Crippen molar-refractivity contribution in [3.63, 3.8) is 0 Å². The summed E-state index contributed by atoms with van der Waals surface area (Å²) in [5, 5.41) is 10.5. The van der Waals surface area contributed by atoms with Crippen molar-refractivity contribution in [2.45, 2.75) is 0 Å². The molecule has 0 atom stereocenters. The lowest BCUT2D eigenvalue weighted by molar-refractivity contribution is -0.385. The molecule has 0 radical (unpaired) electrons. The van der Waals surface area contributed by atoms with Crippen LogP contribution in [0.4, 0.5) is 18.9 Å². The Hall–Kier alpha value is -2.09. The first-order valence-corrected chi connectivity index (χ1v) is 5.94. The average molecular weight is 348 g/mol. The number of hydrogen-bond donors (Lipinski definition) is 0. The summed E-state index contributed by atoms with van der Waals surface area (Å²) < 4.78 is 44.8. The number of non-ortho nitro benzene ring substituents is 1. The average Bonchev–Trinajstić information content (AvgIpc) is 2.35. The van der Waals surface area contributed by atoms with E-state index in [0.29, 0.717) is 12.1 Å². The Morgan fingerprint density at radius 2 is 1.80 bits per heavy atom. The van der Waals surface area contributed by atoms with E-state index in [-0.39, 0.29) is 4.47 Å². The number of hydrogen-bond acceptors (Lipinski definition) is 3. The van der Waals surface area contributed by atoms with Crippen molar-refractivity contribution in [1.29, 1.82) is 0 Å². The molecule has 2 aromatic rings. The van der Waals surface area contributed by atoms with Crippen LogP contribution in [0.15, 0.2) is 34.8 Å². The first kappa shape index (κ1) is 14.3. The molecule has 2 aromatic carbocycles. The van der Waals surface area contributed by atoms with Crippen LogP contribution in [0.3, 0.4) is 0 Å². The summed E-state index contributed by atoms with van der Waals surface area (Å²) in [4.78, 5) is 9.76. The molecule has 0 aromatic heterocycles. The molecule has 0 aliphatic heterocycles. The zero-order chi connectivity index (χ0) is 14.9. The molecule has 20 heavy (non-hydrogen) atoms. The van der Waals surface area contributed by atoms with Crippen LogP contribution in [0.1, 0.15) is 0 Å². The molecule has 0 unspecified atom stereocenters. The van der Waals surface area contributed by atoms with Crippen LogP contribution >= 0.6 is 15.9 Å². The lowest BCUT2D eigenvalue weighted by Gasteiger charge is -2.09. The molecule has 8 heteroatoms. The Kier molecular flexibility index (Phi) is 3.93. The second-order valence-corrected chi connectivity index (χ2v) is 4.53. The Morgan fingerprint density at radius 1 is 1.10 bits per heavy atom. The highest BCUT2D eigenvalue weighted by Gasteiger charge is 2.18. The third-order valence-electron chi connectivity index (χ3n) is 2.30. The molecule has 0 bridgehead atoms. The van der Waals surface area contributed by atoms with Gasteiger partial charge in [-0.05, 0) is 28.1 Å². The predicted octanol–water partition coefficient (Wildman–Crippen LogP) is 4.57. The van der Waals surface area contributed by atoms with Gasteiger partial charge in [-0.15, -0.1) is 0 Å². The molecule has 2 rings (SSSR count). The number of ether oxygens (including phenoxy) is 1. The van der Waals surface area contributed by atoms with E-state index in [9.17, 15) is 23.3 Å². The molecule has 0 heterocycles. The number of nitro groups is 1. The fourth-order valence-electron chi connectivity index (χ4n) is 1.42. The molecule has 0 saturated carbocycles. The number of halogens is 4. The topological polar surface area (TPSA) is 52.4 Å². The van der Waals surface area contributed by atoms with E-state index < -0.39 is 39.6 Å². The normalized spacial score (nSPS) is 10.4. The van der Waals surface area contributed by atoms with Crippen molar-refractivity contribution in [1.82, 2.24) is 0 Å². The minimum absolute atomic E-state index is 0.0621. The lowest BCUT2D eigenvalue weighted by Crippen LogP contribution is -1.96. The smallest absolute Gasteiger partial charge is 0.273 e. The minimum atomic E-state index is -1.05. The van der Waals surface area contributed by atoms with Crippen LogP contribution in [-0.4, -0.2) is 4.92 Å². The van der Waals surface area contributed by atoms with Crippen LogP contribution in [0.2, 0.25) is 0 Å². The molecule has 0 N–H and O–H groups in total. The zero-order valence-electron chi connectivity index (χ0n) is 9.57. The maximum atomic E-state index is 13.7. The molecular formula is C12H5BrF3NO3. The van der Waals surface area contributed by atoms with Gasteiger partial charge in [-0.3, -0.25) is 10.1 Å². The molecule has 0 amide bonds. The summed E-state index contributed by atoms with van der Waals surface area (Å²) in [6, 6.07) is 4.15. The molecule has 0 fully saturated rings. The van der Waals surface area contributed by atoms with Gasteiger partial charge in [0.15, 0.2) is 23.1 Å². The van der Waals surface area contributed by atoms with Gasteiger partial charge in [0.1, 0.15) is 5.82 Å². The zero-order valence-corrected chi connectivity index (χ0v) is 11.2. The van der Waals surface area contributed by atoms with Gasteiger partial charge in [0.05, 0.1) is 15.5 Å². The fraction of sp³-hybridized carbons (Fsp3) is 0. The Morgan fingerprint density at radius 3 is 2.35 bits per heavy atom. The monoisotopic (exact) mass is 347 g/mol. The molecule has 0 aliphatic rings. The molecule has 0 aliphatic carbocycles. The summed E-state index contributed by atoms with van der Waals surface area (Å²) in [6.07, 6.45) is 0. The van der Waals surface area contributed by atoms with Crippen molar-refractivity contribution >= 4 is 21.6 Å². The van der Waals surface area contributed by atoms with Gasteiger partial charge in [-0.25, -0.2) is 13.2 Å². The number of nitrogens with zero attached hydrogens (tertiary/aromatic N) is 1. The van der Waals surface area contributed by atoms with Gasteiger partial charge in [0.2, 0.25) is 0 Å². The van der Waals surface area contributed by atoms with Crippen molar-refractivity contribution in [2.75, 3.05) is 0 Å². The van der Waals surface area contributed by atoms with E-state index in [1.54, 1.807) is 0 Å². The van der Waals surface area contributed by atoms with E-state index in [4.69, 9.17) is 4.74 Å². The van der Waals surface area contributed by atoms with Gasteiger partial charge in [0, 0.05) is 12.1 Å². The fourth-order valence-corrected chi connectivity index (χ4v) is 1.92. The van der Waals surface area contributed by atoms with Crippen molar-refractivity contribution in [2.24, 2.45) is 0 Å². The van der Waals surface area contributed by atoms with E-state index in [1.165, 1.54) is 0 Å². The SMILES string of the molecule is O=[N+]([O-])c1cc(F)c(Oc2ccc(F)cc2F)c(Br)c1. The molecule has 104 valence electrons.